The molecule has 1 atom stereocenters. The van der Waals surface area contributed by atoms with Crippen LogP contribution in [0.1, 0.15) is 27.4 Å². The average molecular weight is 466 g/mol. The van der Waals surface area contributed by atoms with Gasteiger partial charge in [-0.05, 0) is 42.0 Å². The Morgan fingerprint density at radius 1 is 1.03 bits per heavy atom. The van der Waals surface area contributed by atoms with E-state index >= 15 is 0 Å². The molecule has 1 aliphatic heterocycles. The fourth-order valence-corrected chi connectivity index (χ4v) is 4.08. The van der Waals surface area contributed by atoms with Crippen molar-refractivity contribution < 1.29 is 23.4 Å². The number of nitriles is 1. The minimum absolute atomic E-state index is 0.0520. The lowest BCUT2D eigenvalue weighted by Crippen LogP contribution is -2.26. The van der Waals surface area contributed by atoms with Crippen molar-refractivity contribution in [3.8, 4) is 23.3 Å². The predicted octanol–water partition coefficient (Wildman–Crippen LogP) is 4.24. The SMILES string of the molecule is COc1cc([C@H]2C(C#N)=C(N)Oc3c2c(=O)oc2ccccc32)ccc1OC(=O)c1ccccc1. The number of carbonyl (C=O) groups excluding carboxylic acids is 1. The van der Waals surface area contributed by atoms with Crippen LogP contribution in [0.4, 0.5) is 0 Å². The van der Waals surface area contributed by atoms with Crippen LogP contribution in [-0.4, -0.2) is 13.1 Å². The van der Waals surface area contributed by atoms with Crippen LogP contribution in [0.25, 0.3) is 11.0 Å². The molecule has 0 aliphatic carbocycles. The van der Waals surface area contributed by atoms with E-state index in [0.29, 0.717) is 22.1 Å². The van der Waals surface area contributed by atoms with Gasteiger partial charge in [-0.3, -0.25) is 0 Å². The van der Waals surface area contributed by atoms with Crippen LogP contribution >= 0.6 is 0 Å². The number of carbonyl (C=O) groups is 1. The minimum atomic E-state index is -0.877. The van der Waals surface area contributed by atoms with E-state index in [9.17, 15) is 14.9 Å². The first kappa shape index (κ1) is 21.8. The maximum Gasteiger partial charge on any atom is 0.344 e. The summed E-state index contributed by atoms with van der Waals surface area (Å²) in [5, 5.41) is 10.4. The zero-order valence-electron chi connectivity index (χ0n) is 18.5. The molecule has 1 aliphatic rings. The van der Waals surface area contributed by atoms with E-state index < -0.39 is 17.5 Å². The normalized spacial score (nSPS) is 14.6. The van der Waals surface area contributed by atoms with E-state index in [4.69, 9.17) is 24.4 Å². The van der Waals surface area contributed by atoms with Crippen molar-refractivity contribution >= 4 is 16.9 Å². The third-order valence-corrected chi connectivity index (χ3v) is 5.71. The number of allylic oxidation sites excluding steroid dienone is 1. The standard InChI is InChI=1S/C27H18N2O6/c1-32-21-13-16(11-12-20(21)34-26(30)15-7-3-2-4-8-15)22-18(14-28)25(29)35-24-17-9-5-6-10-19(17)33-27(31)23(22)24/h2-13,22H,29H2,1H3/t22-/m0/s1. The minimum Gasteiger partial charge on any atom is -0.493 e. The van der Waals surface area contributed by atoms with Gasteiger partial charge in [0.05, 0.1) is 29.5 Å². The average Bonchev–Trinajstić information content (AvgIpc) is 2.88. The number of methoxy groups -OCH3 is 1. The third kappa shape index (κ3) is 3.75. The van der Waals surface area contributed by atoms with Gasteiger partial charge in [-0.2, -0.15) is 5.26 Å². The second-order valence-electron chi connectivity index (χ2n) is 7.72. The number of nitrogens with two attached hydrogens (primary N) is 1. The zero-order valence-corrected chi connectivity index (χ0v) is 18.5. The quantitative estimate of drug-likeness (QED) is 0.269. The Kier molecular flexibility index (Phi) is 5.43. The maximum atomic E-state index is 13.0. The number of nitrogens with zero attached hydrogens (tertiary/aromatic N) is 1. The second kappa shape index (κ2) is 8.72. The van der Waals surface area contributed by atoms with Gasteiger partial charge in [0.25, 0.3) is 0 Å². The highest BCUT2D eigenvalue weighted by Crippen LogP contribution is 2.45. The Bertz CT molecular complexity index is 1600. The van der Waals surface area contributed by atoms with Crippen LogP contribution in [0.2, 0.25) is 0 Å². The second-order valence-corrected chi connectivity index (χ2v) is 7.72. The van der Waals surface area contributed by atoms with Gasteiger partial charge in [0.15, 0.2) is 17.2 Å². The van der Waals surface area contributed by atoms with Crippen LogP contribution in [-0.2, 0) is 0 Å². The van der Waals surface area contributed by atoms with Crippen LogP contribution in [0.15, 0.2) is 93.5 Å². The molecule has 0 bridgehead atoms. The smallest absolute Gasteiger partial charge is 0.344 e. The molecule has 0 radical (unpaired) electrons. The lowest BCUT2D eigenvalue weighted by molar-refractivity contribution is 0.0729. The highest BCUT2D eigenvalue weighted by molar-refractivity contribution is 5.91. The molecule has 0 unspecified atom stereocenters. The van der Waals surface area contributed by atoms with Crippen molar-refractivity contribution in [2.75, 3.05) is 7.11 Å². The van der Waals surface area contributed by atoms with Crippen LogP contribution in [0.5, 0.6) is 17.2 Å². The molecule has 0 fully saturated rings. The first-order valence-electron chi connectivity index (χ1n) is 10.6. The van der Waals surface area contributed by atoms with Crippen LogP contribution < -0.4 is 25.6 Å². The van der Waals surface area contributed by atoms with Gasteiger partial charge in [-0.1, -0.05) is 36.4 Å². The Hall–Kier alpha value is -5.03. The van der Waals surface area contributed by atoms with Gasteiger partial charge in [0.2, 0.25) is 5.88 Å². The Morgan fingerprint density at radius 3 is 2.51 bits per heavy atom. The molecular weight excluding hydrogens is 448 g/mol. The number of ether oxygens (including phenoxy) is 3. The Labute approximate surface area is 199 Å². The number of rotatable bonds is 4. The Morgan fingerprint density at radius 2 is 1.77 bits per heavy atom. The molecule has 1 aromatic heterocycles. The summed E-state index contributed by atoms with van der Waals surface area (Å²) >= 11 is 0. The van der Waals surface area contributed by atoms with Crippen molar-refractivity contribution in [3.63, 3.8) is 0 Å². The van der Waals surface area contributed by atoms with Gasteiger partial charge >= 0.3 is 11.6 Å². The first-order valence-corrected chi connectivity index (χ1v) is 10.6. The van der Waals surface area contributed by atoms with E-state index in [-0.39, 0.29) is 34.3 Å². The topological polar surface area (TPSA) is 125 Å². The predicted molar refractivity (Wildman–Crippen MR) is 126 cm³/mol. The molecule has 0 spiro atoms. The fraction of sp³-hybridized carbons (Fsp3) is 0.0741. The summed E-state index contributed by atoms with van der Waals surface area (Å²) in [6.45, 7) is 0. The number of para-hydroxylation sites is 1. The van der Waals surface area contributed by atoms with Gasteiger partial charge in [-0.25, -0.2) is 9.59 Å². The van der Waals surface area contributed by atoms with Crippen LogP contribution in [0, 0.1) is 11.3 Å². The van der Waals surface area contributed by atoms with Crippen molar-refractivity contribution in [2.45, 2.75) is 5.92 Å². The number of hydrogen-bond donors (Lipinski definition) is 1. The molecule has 2 N–H and O–H groups in total. The summed E-state index contributed by atoms with van der Waals surface area (Å²) in [5.74, 6) is -0.894. The summed E-state index contributed by atoms with van der Waals surface area (Å²) < 4.78 is 22.2. The number of esters is 1. The molecule has 35 heavy (non-hydrogen) atoms. The van der Waals surface area contributed by atoms with Gasteiger partial charge in [0, 0.05) is 0 Å². The lowest BCUT2D eigenvalue weighted by Gasteiger charge is -2.26. The van der Waals surface area contributed by atoms with Crippen molar-refractivity contribution in [3.05, 3.63) is 111 Å². The first-order chi connectivity index (χ1) is 17.0. The largest absolute Gasteiger partial charge is 0.493 e. The van der Waals surface area contributed by atoms with Crippen molar-refractivity contribution in [1.82, 2.24) is 0 Å². The van der Waals surface area contributed by atoms with E-state index in [1.54, 1.807) is 66.7 Å². The van der Waals surface area contributed by atoms with Crippen molar-refractivity contribution in [1.29, 1.82) is 5.26 Å². The van der Waals surface area contributed by atoms with Gasteiger partial charge < -0.3 is 24.4 Å². The molecule has 8 heteroatoms. The maximum absolute atomic E-state index is 13.0. The Balaban J connectivity index is 1.63. The molecule has 0 saturated heterocycles. The molecule has 5 rings (SSSR count). The molecule has 172 valence electrons. The zero-order chi connectivity index (χ0) is 24.5. The van der Waals surface area contributed by atoms with E-state index in [1.807, 2.05) is 6.07 Å². The molecule has 4 aromatic rings. The summed E-state index contributed by atoms with van der Waals surface area (Å²) in [7, 11) is 1.42. The van der Waals surface area contributed by atoms with Gasteiger partial charge in [0.1, 0.15) is 17.2 Å². The number of benzene rings is 3. The summed E-state index contributed by atoms with van der Waals surface area (Å²) in [6.07, 6.45) is 0. The highest BCUT2D eigenvalue weighted by Gasteiger charge is 2.36. The molecule has 0 amide bonds. The lowest BCUT2D eigenvalue weighted by atomic mass is 9.83. The molecule has 0 saturated carbocycles. The van der Waals surface area contributed by atoms with Crippen molar-refractivity contribution in [2.24, 2.45) is 5.73 Å². The molecule has 2 heterocycles. The number of fused-ring (bicyclic) bond motifs is 3. The summed E-state index contributed by atoms with van der Waals surface area (Å²) in [6, 6.07) is 22.2. The van der Waals surface area contributed by atoms with Crippen LogP contribution in [0.3, 0.4) is 0 Å². The fourth-order valence-electron chi connectivity index (χ4n) is 4.08. The number of hydrogen-bond acceptors (Lipinski definition) is 8. The van der Waals surface area contributed by atoms with E-state index in [1.165, 1.54) is 13.2 Å². The molecule has 3 aromatic carbocycles. The molecular formula is C27H18N2O6. The summed E-state index contributed by atoms with van der Waals surface area (Å²) in [5.41, 5.74) is 6.87. The third-order valence-electron chi connectivity index (χ3n) is 5.71. The monoisotopic (exact) mass is 466 g/mol. The highest BCUT2D eigenvalue weighted by atomic mass is 16.6. The van der Waals surface area contributed by atoms with E-state index in [2.05, 4.69) is 0 Å². The van der Waals surface area contributed by atoms with Gasteiger partial charge in [-0.15, -0.1) is 0 Å². The molecule has 8 nitrogen and oxygen atoms in total. The summed E-state index contributed by atoms with van der Waals surface area (Å²) in [4.78, 5) is 25.6. The van der Waals surface area contributed by atoms with E-state index in [0.717, 1.165) is 0 Å².